The van der Waals surface area contributed by atoms with Crippen molar-refractivity contribution in [2.75, 3.05) is 27.3 Å². The first kappa shape index (κ1) is 22.4. The fourth-order valence-electron chi connectivity index (χ4n) is 3.05. The van der Waals surface area contributed by atoms with E-state index in [0.29, 0.717) is 17.8 Å². The third-order valence-electron chi connectivity index (χ3n) is 4.19. The van der Waals surface area contributed by atoms with Gasteiger partial charge in [0, 0.05) is 18.8 Å². The number of urea groups is 1. The molecule has 1 heterocycles. The summed E-state index contributed by atoms with van der Waals surface area (Å²) in [5, 5.41) is 5.30. The third kappa shape index (κ3) is 6.05. The highest BCUT2D eigenvalue weighted by Gasteiger charge is 2.30. The number of likely N-dealkylation sites (N-methyl/N-ethyl adjacent to an activating group) is 1. The maximum atomic E-state index is 12.5. The van der Waals surface area contributed by atoms with Crippen LogP contribution in [0.2, 0.25) is 0 Å². The molecule has 0 aliphatic carbocycles. The van der Waals surface area contributed by atoms with Gasteiger partial charge in [-0.25, -0.2) is 9.59 Å². The standard InChI is InChI=1S/C19H25F2N3O5/c1-5-28-17(25)16-11(2)22-19(26)23-13(16)10-24(3)9-12-6-7-14(29-18(20)21)15(8-12)27-4/h6-8,11,18H,5,9-10H2,1-4H3,(H2,22,23,26)/t11-/m0/s1. The highest BCUT2D eigenvalue weighted by Crippen LogP contribution is 2.30. The van der Waals surface area contributed by atoms with Gasteiger partial charge in [-0.3, -0.25) is 4.90 Å². The summed E-state index contributed by atoms with van der Waals surface area (Å²) in [5.74, 6) is -0.363. The van der Waals surface area contributed by atoms with E-state index in [1.54, 1.807) is 33.0 Å². The lowest BCUT2D eigenvalue weighted by molar-refractivity contribution is -0.139. The van der Waals surface area contributed by atoms with Crippen LogP contribution in [0, 0.1) is 0 Å². The van der Waals surface area contributed by atoms with E-state index >= 15 is 0 Å². The molecule has 2 rings (SSSR count). The molecule has 1 aromatic rings. The Labute approximate surface area is 167 Å². The zero-order chi connectivity index (χ0) is 21.6. The number of hydrogen-bond acceptors (Lipinski definition) is 6. The number of esters is 1. The molecule has 1 aromatic carbocycles. The average Bonchev–Trinajstić information content (AvgIpc) is 2.62. The first-order chi connectivity index (χ1) is 13.7. The van der Waals surface area contributed by atoms with Gasteiger partial charge in [0.25, 0.3) is 0 Å². The van der Waals surface area contributed by atoms with Gasteiger partial charge in [-0.15, -0.1) is 0 Å². The largest absolute Gasteiger partial charge is 0.493 e. The maximum Gasteiger partial charge on any atom is 0.387 e. The molecule has 1 atom stereocenters. The molecule has 0 saturated carbocycles. The number of halogens is 2. The lowest BCUT2D eigenvalue weighted by atomic mass is 10.0. The molecule has 2 N–H and O–H groups in total. The van der Waals surface area contributed by atoms with Crippen LogP contribution in [0.25, 0.3) is 0 Å². The van der Waals surface area contributed by atoms with E-state index in [9.17, 15) is 18.4 Å². The molecule has 0 saturated heterocycles. The van der Waals surface area contributed by atoms with Crippen LogP contribution in [0.15, 0.2) is 29.5 Å². The Morgan fingerprint density at radius 3 is 2.62 bits per heavy atom. The minimum absolute atomic E-state index is 0.0550. The number of carbonyl (C=O) groups excluding carboxylic acids is 2. The van der Waals surface area contributed by atoms with Crippen molar-refractivity contribution in [2.45, 2.75) is 33.0 Å². The van der Waals surface area contributed by atoms with E-state index < -0.39 is 24.7 Å². The predicted octanol–water partition coefficient (Wildman–Crippen LogP) is 2.25. The van der Waals surface area contributed by atoms with Gasteiger partial charge in [0.15, 0.2) is 11.5 Å². The average molecular weight is 413 g/mol. The second kappa shape index (κ2) is 10.1. The fraction of sp³-hybridized carbons (Fsp3) is 0.474. The van der Waals surface area contributed by atoms with E-state index in [1.807, 2.05) is 4.90 Å². The van der Waals surface area contributed by atoms with E-state index in [1.165, 1.54) is 13.2 Å². The van der Waals surface area contributed by atoms with Gasteiger partial charge in [-0.2, -0.15) is 8.78 Å². The van der Waals surface area contributed by atoms with E-state index in [-0.39, 0.29) is 24.7 Å². The quantitative estimate of drug-likeness (QED) is 0.604. The Morgan fingerprint density at radius 2 is 2.00 bits per heavy atom. The highest BCUT2D eigenvalue weighted by molar-refractivity contribution is 5.94. The van der Waals surface area contributed by atoms with Gasteiger partial charge in [-0.05, 0) is 38.6 Å². The Balaban J connectivity index is 2.17. The molecular weight excluding hydrogens is 388 g/mol. The molecule has 0 aromatic heterocycles. The van der Waals surface area contributed by atoms with Gasteiger partial charge in [0.05, 0.1) is 25.3 Å². The monoisotopic (exact) mass is 413 g/mol. The molecule has 0 bridgehead atoms. The Morgan fingerprint density at radius 1 is 1.28 bits per heavy atom. The van der Waals surface area contributed by atoms with Gasteiger partial charge in [0.1, 0.15) is 0 Å². The van der Waals surface area contributed by atoms with Crippen LogP contribution in [0.3, 0.4) is 0 Å². The second-order valence-corrected chi connectivity index (χ2v) is 6.47. The zero-order valence-electron chi connectivity index (χ0n) is 16.8. The summed E-state index contributed by atoms with van der Waals surface area (Å²) in [4.78, 5) is 26.0. The normalized spacial score (nSPS) is 16.6. The Hall–Kier alpha value is -2.88. The Kier molecular flexibility index (Phi) is 7.77. The van der Waals surface area contributed by atoms with Crippen molar-refractivity contribution >= 4 is 12.0 Å². The number of nitrogens with zero attached hydrogens (tertiary/aromatic N) is 1. The van der Waals surface area contributed by atoms with Gasteiger partial charge in [0.2, 0.25) is 0 Å². The molecule has 29 heavy (non-hydrogen) atoms. The number of methoxy groups -OCH3 is 1. The molecule has 0 radical (unpaired) electrons. The van der Waals surface area contributed by atoms with Crippen LogP contribution in [0.1, 0.15) is 19.4 Å². The summed E-state index contributed by atoms with van der Waals surface area (Å²) >= 11 is 0. The van der Waals surface area contributed by atoms with Gasteiger partial charge < -0.3 is 24.8 Å². The Bertz CT molecular complexity index is 785. The predicted molar refractivity (Wildman–Crippen MR) is 101 cm³/mol. The molecule has 0 fully saturated rings. The van der Waals surface area contributed by atoms with Gasteiger partial charge >= 0.3 is 18.6 Å². The van der Waals surface area contributed by atoms with Crippen LogP contribution in [-0.2, 0) is 16.1 Å². The SMILES string of the molecule is CCOC(=O)C1=C(CN(C)Cc2ccc(OC(F)F)c(OC)c2)NC(=O)N[C@H]1C. The van der Waals surface area contributed by atoms with Crippen molar-refractivity contribution in [3.05, 3.63) is 35.0 Å². The van der Waals surface area contributed by atoms with Crippen molar-refractivity contribution in [1.29, 1.82) is 0 Å². The molecule has 0 unspecified atom stereocenters. The lowest BCUT2D eigenvalue weighted by Crippen LogP contribution is -2.51. The first-order valence-corrected chi connectivity index (χ1v) is 9.03. The molecule has 1 aliphatic heterocycles. The lowest BCUT2D eigenvalue weighted by Gasteiger charge is -2.29. The number of alkyl halides is 2. The number of carbonyl (C=O) groups is 2. The second-order valence-electron chi connectivity index (χ2n) is 6.47. The van der Waals surface area contributed by atoms with Crippen LogP contribution in [0.5, 0.6) is 11.5 Å². The summed E-state index contributed by atoms with van der Waals surface area (Å²) in [6, 6.07) is 3.76. The topological polar surface area (TPSA) is 89.1 Å². The first-order valence-electron chi connectivity index (χ1n) is 9.03. The number of benzene rings is 1. The number of nitrogens with one attached hydrogen (secondary N) is 2. The molecule has 2 amide bonds. The van der Waals surface area contributed by atoms with Crippen molar-refractivity contribution in [3.63, 3.8) is 0 Å². The summed E-state index contributed by atoms with van der Waals surface area (Å²) in [6.07, 6.45) is 0. The highest BCUT2D eigenvalue weighted by atomic mass is 19.3. The smallest absolute Gasteiger partial charge is 0.387 e. The van der Waals surface area contributed by atoms with Crippen LogP contribution in [-0.4, -0.2) is 56.9 Å². The third-order valence-corrected chi connectivity index (χ3v) is 4.19. The molecule has 160 valence electrons. The van der Waals surface area contributed by atoms with E-state index in [4.69, 9.17) is 9.47 Å². The number of hydrogen-bond donors (Lipinski definition) is 2. The van der Waals surface area contributed by atoms with Crippen LogP contribution < -0.4 is 20.1 Å². The minimum Gasteiger partial charge on any atom is -0.493 e. The van der Waals surface area contributed by atoms with Crippen molar-refractivity contribution in [2.24, 2.45) is 0 Å². The molecule has 0 spiro atoms. The number of ether oxygens (including phenoxy) is 3. The number of amides is 2. The summed E-state index contributed by atoms with van der Waals surface area (Å²) < 4.78 is 39.5. The zero-order valence-corrected chi connectivity index (χ0v) is 16.8. The number of rotatable bonds is 9. The fourth-order valence-corrected chi connectivity index (χ4v) is 3.05. The summed E-state index contributed by atoms with van der Waals surface area (Å²) in [5.41, 5.74) is 1.58. The van der Waals surface area contributed by atoms with Crippen molar-refractivity contribution in [3.8, 4) is 11.5 Å². The maximum absolute atomic E-state index is 12.5. The van der Waals surface area contributed by atoms with E-state index in [0.717, 1.165) is 5.56 Å². The van der Waals surface area contributed by atoms with Crippen molar-refractivity contribution in [1.82, 2.24) is 15.5 Å². The summed E-state index contributed by atoms with van der Waals surface area (Å²) in [7, 11) is 3.16. The van der Waals surface area contributed by atoms with Crippen LogP contribution >= 0.6 is 0 Å². The molecule has 8 nitrogen and oxygen atoms in total. The minimum atomic E-state index is -2.95. The molecule has 10 heteroatoms. The van der Waals surface area contributed by atoms with Crippen molar-refractivity contribution < 1.29 is 32.6 Å². The molecule has 1 aliphatic rings. The molecular formula is C19H25F2N3O5. The van der Waals surface area contributed by atoms with E-state index in [2.05, 4.69) is 15.4 Å². The van der Waals surface area contributed by atoms with Crippen LogP contribution in [0.4, 0.5) is 13.6 Å². The summed E-state index contributed by atoms with van der Waals surface area (Å²) in [6.45, 7) is 1.36. The van der Waals surface area contributed by atoms with Gasteiger partial charge in [-0.1, -0.05) is 6.07 Å².